The Hall–Kier alpha value is 0.164. The predicted octanol–water partition coefficient (Wildman–Crippen LogP) is 2.90. The Morgan fingerprint density at radius 1 is 0.935 bits per heavy atom. The summed E-state index contributed by atoms with van der Waals surface area (Å²) in [7, 11) is -0.101. The first-order valence-corrected chi connectivity index (χ1v) is 14.6. The van der Waals surface area contributed by atoms with Crippen molar-refractivity contribution in [3.8, 4) is 0 Å². The first kappa shape index (κ1) is 29.2. The SMILES string of the molecule is CCC(C)P(C1=Cc2ccccc2[CH]1[Ti+2][C]1=C(C)C(C)=C(C)C1(C)C)C(C)CC.[Cl-].[Cl-]. The summed E-state index contributed by atoms with van der Waals surface area (Å²) in [6.45, 7) is 21.8. The van der Waals surface area contributed by atoms with Gasteiger partial charge in [-0.3, -0.25) is 0 Å². The van der Waals surface area contributed by atoms with Gasteiger partial charge in [0.15, 0.2) is 0 Å². The molecule has 170 valence electrons. The van der Waals surface area contributed by atoms with Gasteiger partial charge in [-0.1, -0.05) is 0 Å². The van der Waals surface area contributed by atoms with Gasteiger partial charge in [0.25, 0.3) is 0 Å². The van der Waals surface area contributed by atoms with Crippen molar-refractivity contribution in [1.82, 2.24) is 0 Å². The van der Waals surface area contributed by atoms with Gasteiger partial charge in [0.1, 0.15) is 0 Å². The first-order chi connectivity index (χ1) is 13.6. The van der Waals surface area contributed by atoms with Crippen LogP contribution in [0, 0.1) is 5.41 Å². The van der Waals surface area contributed by atoms with E-state index in [1.807, 2.05) is 5.31 Å². The van der Waals surface area contributed by atoms with Crippen molar-refractivity contribution < 1.29 is 44.0 Å². The zero-order valence-corrected chi connectivity index (χ0v) is 24.7. The Kier molecular flexibility index (Phi) is 10.9. The van der Waals surface area contributed by atoms with Gasteiger partial charge in [-0.05, 0) is 0 Å². The molecule has 0 saturated heterocycles. The average Bonchev–Trinajstić information content (AvgIpc) is 3.13. The zero-order valence-electron chi connectivity index (χ0n) is 20.7. The maximum absolute atomic E-state index is 2.62. The Labute approximate surface area is 214 Å². The summed E-state index contributed by atoms with van der Waals surface area (Å²) in [6, 6.07) is 9.28. The Morgan fingerprint density at radius 3 is 1.97 bits per heavy atom. The number of allylic oxidation sites excluding steroid dienone is 5. The summed E-state index contributed by atoms with van der Waals surface area (Å²) < 4.78 is 2.48. The molecule has 0 fully saturated rings. The summed E-state index contributed by atoms with van der Waals surface area (Å²) in [6.07, 6.45) is 5.21. The predicted molar refractivity (Wildman–Crippen MR) is 128 cm³/mol. The third kappa shape index (κ3) is 5.30. The first-order valence-electron chi connectivity index (χ1n) is 11.4. The van der Waals surface area contributed by atoms with Gasteiger partial charge in [-0.2, -0.15) is 0 Å². The summed E-state index contributed by atoms with van der Waals surface area (Å²) in [5.74, 6) is 0. The van der Waals surface area contributed by atoms with Crippen molar-refractivity contribution in [2.75, 3.05) is 0 Å². The second-order valence-electron chi connectivity index (χ2n) is 9.57. The molecular weight excluding hydrogens is 474 g/mol. The van der Waals surface area contributed by atoms with Crippen LogP contribution in [0.4, 0.5) is 0 Å². The molecule has 0 N–H and O–H groups in total. The van der Waals surface area contributed by atoms with Crippen molar-refractivity contribution in [2.45, 2.75) is 90.7 Å². The second-order valence-corrected chi connectivity index (χ2v) is 14.8. The van der Waals surface area contributed by atoms with Crippen LogP contribution < -0.4 is 24.8 Å². The molecule has 0 saturated carbocycles. The zero-order chi connectivity index (χ0) is 21.5. The van der Waals surface area contributed by atoms with Gasteiger partial charge in [0.05, 0.1) is 0 Å². The van der Waals surface area contributed by atoms with Crippen LogP contribution in [0.1, 0.15) is 90.5 Å². The normalized spacial score (nSPS) is 22.1. The molecule has 0 bridgehead atoms. The van der Waals surface area contributed by atoms with Crippen LogP contribution >= 0.6 is 7.92 Å². The monoisotopic (exact) mass is 512 g/mol. The number of rotatable bonds is 7. The van der Waals surface area contributed by atoms with E-state index in [1.54, 1.807) is 26.2 Å². The van der Waals surface area contributed by atoms with Crippen molar-refractivity contribution in [3.63, 3.8) is 0 Å². The number of halogens is 2. The molecule has 0 amide bonds. The fourth-order valence-electron chi connectivity index (χ4n) is 5.05. The van der Waals surface area contributed by atoms with E-state index in [2.05, 4.69) is 92.7 Å². The van der Waals surface area contributed by atoms with Crippen LogP contribution in [-0.2, 0) is 19.2 Å². The second kappa shape index (κ2) is 11.5. The van der Waals surface area contributed by atoms with E-state index in [-0.39, 0.29) is 57.3 Å². The number of hydrogen-bond donors (Lipinski definition) is 0. The quantitative estimate of drug-likeness (QED) is 0.389. The molecule has 31 heavy (non-hydrogen) atoms. The van der Waals surface area contributed by atoms with E-state index in [0.29, 0.717) is 4.22 Å². The van der Waals surface area contributed by atoms with E-state index in [9.17, 15) is 0 Å². The van der Waals surface area contributed by atoms with Crippen LogP contribution in [-0.4, -0.2) is 11.3 Å². The molecule has 3 atom stereocenters. The van der Waals surface area contributed by atoms with Crippen molar-refractivity contribution in [3.05, 3.63) is 61.3 Å². The summed E-state index contributed by atoms with van der Waals surface area (Å²) in [4.78, 5) is 0. The number of fused-ring (bicyclic) bond motifs is 1. The van der Waals surface area contributed by atoms with Gasteiger partial charge in [0.2, 0.25) is 0 Å². The number of hydrogen-bond acceptors (Lipinski definition) is 0. The van der Waals surface area contributed by atoms with E-state index < -0.39 is 0 Å². The van der Waals surface area contributed by atoms with Gasteiger partial charge in [-0.25, -0.2) is 0 Å². The molecule has 3 rings (SSSR count). The largest absolute Gasteiger partial charge is 1.00 e. The Balaban J connectivity index is 0.00000240. The maximum atomic E-state index is 2.62. The number of benzene rings is 1. The molecule has 0 nitrogen and oxygen atoms in total. The fourth-order valence-corrected chi connectivity index (χ4v) is 12.4. The van der Waals surface area contributed by atoms with E-state index in [0.717, 1.165) is 11.3 Å². The molecule has 0 radical (unpaired) electrons. The fraction of sp³-hybridized carbons (Fsp3) is 0.556. The van der Waals surface area contributed by atoms with Crippen molar-refractivity contribution >= 4 is 14.0 Å². The van der Waals surface area contributed by atoms with Gasteiger partial charge in [0, 0.05) is 0 Å². The topological polar surface area (TPSA) is 0 Å². The minimum atomic E-state index is -0.281. The molecule has 2 aliphatic rings. The van der Waals surface area contributed by atoms with Crippen LogP contribution in [0.15, 0.2) is 50.2 Å². The third-order valence-electron chi connectivity index (χ3n) is 7.69. The van der Waals surface area contributed by atoms with E-state index in [1.165, 1.54) is 18.4 Å². The molecule has 2 aliphatic carbocycles. The summed E-state index contributed by atoms with van der Waals surface area (Å²) in [5.41, 5.74) is 9.74. The van der Waals surface area contributed by atoms with Crippen LogP contribution in [0.5, 0.6) is 0 Å². The Bertz CT molecular complexity index is 871. The molecule has 3 unspecified atom stereocenters. The van der Waals surface area contributed by atoms with Gasteiger partial charge in [-0.15, -0.1) is 0 Å². The van der Waals surface area contributed by atoms with Crippen LogP contribution in [0.25, 0.3) is 6.08 Å². The van der Waals surface area contributed by atoms with Crippen LogP contribution in [0.2, 0.25) is 0 Å². The molecule has 1 aromatic rings. The average molecular weight is 513 g/mol. The smallest absolute Gasteiger partial charge is 1.00 e. The minimum absolute atomic E-state index is 0. The third-order valence-corrected chi connectivity index (χ3v) is 15.1. The molecule has 0 aromatic heterocycles. The maximum Gasteiger partial charge on any atom is -1.00 e. The molecular formula is C27H39Cl2PTi. The molecule has 0 aliphatic heterocycles. The standard InChI is InChI=1S/C17H24P.C10H15.2ClH.Ti/c1-5-13(3)18(14(4)6-2)17-11-15-9-7-8-10-16(15)12-17;1-7-6-10(4,5)9(3)8(7)2;;;/h7-14H,5-6H2,1-4H3;1-5H3;2*1H;/q;;;;+2/p-2. The molecule has 4 heteroatoms. The van der Waals surface area contributed by atoms with Crippen LogP contribution in [0.3, 0.4) is 0 Å². The molecule has 1 aromatic carbocycles. The van der Waals surface area contributed by atoms with Gasteiger partial charge >= 0.3 is 191 Å². The van der Waals surface area contributed by atoms with Crippen molar-refractivity contribution in [1.29, 1.82) is 0 Å². The summed E-state index contributed by atoms with van der Waals surface area (Å²) >= 11 is -0.281. The van der Waals surface area contributed by atoms with E-state index >= 15 is 0 Å². The Morgan fingerprint density at radius 2 is 1.48 bits per heavy atom. The van der Waals surface area contributed by atoms with E-state index in [4.69, 9.17) is 0 Å². The minimum Gasteiger partial charge on any atom is -1.00 e. The van der Waals surface area contributed by atoms with Gasteiger partial charge < -0.3 is 24.8 Å². The molecule has 0 heterocycles. The van der Waals surface area contributed by atoms with Crippen molar-refractivity contribution in [2.24, 2.45) is 5.41 Å². The molecule has 0 spiro atoms. The summed E-state index contributed by atoms with van der Waals surface area (Å²) in [5, 5.41) is 1.82.